The van der Waals surface area contributed by atoms with Crippen molar-refractivity contribution in [3.05, 3.63) is 12.2 Å². The Morgan fingerprint density at radius 2 is 2.09 bits per heavy atom. The first-order chi connectivity index (χ1) is 5.13. The molecule has 0 aromatic heterocycles. The van der Waals surface area contributed by atoms with E-state index in [1.807, 2.05) is 0 Å². The van der Waals surface area contributed by atoms with Crippen molar-refractivity contribution in [1.29, 1.82) is 0 Å². The first-order valence-electron chi connectivity index (χ1n) is 3.20. The van der Waals surface area contributed by atoms with Crippen LogP contribution in [0.3, 0.4) is 0 Å². The van der Waals surface area contributed by atoms with Crippen LogP contribution in [0.25, 0.3) is 0 Å². The predicted octanol–water partition coefficient (Wildman–Crippen LogP) is -0.543. The lowest BCUT2D eigenvalue weighted by Crippen LogP contribution is -2.33. The fourth-order valence-corrected chi connectivity index (χ4v) is 0.563. The summed E-state index contributed by atoms with van der Waals surface area (Å²) in [4.78, 5) is 10.6. The maximum absolute atomic E-state index is 10.6. The van der Waals surface area contributed by atoms with Gasteiger partial charge < -0.3 is 14.9 Å². The summed E-state index contributed by atoms with van der Waals surface area (Å²) >= 11 is 0. The van der Waals surface area contributed by atoms with Crippen LogP contribution in [-0.4, -0.2) is 35.5 Å². The van der Waals surface area contributed by atoms with Crippen molar-refractivity contribution in [2.24, 2.45) is 0 Å². The van der Waals surface area contributed by atoms with Crippen molar-refractivity contribution in [3.63, 3.8) is 0 Å². The molecule has 2 atom stereocenters. The lowest BCUT2D eigenvalue weighted by molar-refractivity contribution is -0.154. The molecular weight excluding hydrogens is 148 g/mol. The molecule has 0 fully saturated rings. The molecule has 0 aromatic carbocycles. The van der Waals surface area contributed by atoms with Crippen molar-refractivity contribution in [1.82, 2.24) is 0 Å². The number of aliphatic hydroxyl groups is 2. The molecule has 11 heavy (non-hydrogen) atoms. The van der Waals surface area contributed by atoms with Crippen LogP contribution in [0.4, 0.5) is 0 Å². The molecule has 0 amide bonds. The Labute approximate surface area is 65.1 Å². The second kappa shape index (κ2) is 4.87. The van der Waals surface area contributed by atoms with Crippen LogP contribution in [0.1, 0.15) is 6.92 Å². The molecule has 0 aromatic rings. The average Bonchev–Trinajstić information content (AvgIpc) is 2.02. The summed E-state index contributed by atoms with van der Waals surface area (Å²) in [5.41, 5.74) is 0. The third kappa shape index (κ3) is 3.15. The Hall–Kier alpha value is -0.870. The Kier molecular flexibility index (Phi) is 4.49. The summed E-state index contributed by atoms with van der Waals surface area (Å²) in [7, 11) is 1.15. The molecule has 2 unspecified atom stereocenters. The highest BCUT2D eigenvalue weighted by Crippen LogP contribution is 1.97. The maximum Gasteiger partial charge on any atom is 0.337 e. The summed E-state index contributed by atoms with van der Waals surface area (Å²) in [5.74, 6) is -0.837. The van der Waals surface area contributed by atoms with Crippen molar-refractivity contribution in [2.45, 2.75) is 19.1 Å². The van der Waals surface area contributed by atoms with Gasteiger partial charge in [-0.05, 0) is 6.92 Å². The minimum Gasteiger partial charge on any atom is -0.467 e. The molecule has 0 saturated carbocycles. The first-order valence-corrected chi connectivity index (χ1v) is 3.20. The van der Waals surface area contributed by atoms with Gasteiger partial charge in [0, 0.05) is 0 Å². The van der Waals surface area contributed by atoms with Gasteiger partial charge in [0.15, 0.2) is 6.10 Å². The number of ether oxygens (including phenoxy) is 1. The molecule has 0 aliphatic rings. The number of rotatable bonds is 3. The monoisotopic (exact) mass is 160 g/mol. The molecule has 0 heterocycles. The topological polar surface area (TPSA) is 66.8 Å². The summed E-state index contributed by atoms with van der Waals surface area (Å²) in [5, 5.41) is 17.9. The number of carbonyl (C=O) groups is 1. The van der Waals surface area contributed by atoms with E-state index in [2.05, 4.69) is 4.74 Å². The van der Waals surface area contributed by atoms with Gasteiger partial charge in [0.25, 0.3) is 0 Å². The lowest BCUT2D eigenvalue weighted by atomic mass is 10.2. The van der Waals surface area contributed by atoms with Crippen LogP contribution in [-0.2, 0) is 9.53 Å². The number of allylic oxidation sites excluding steroid dienone is 1. The molecule has 0 aliphatic heterocycles. The molecule has 0 bridgehead atoms. The Balaban J connectivity index is 4.01. The molecule has 0 rings (SSSR count). The van der Waals surface area contributed by atoms with Gasteiger partial charge in [-0.25, -0.2) is 4.79 Å². The van der Waals surface area contributed by atoms with Crippen LogP contribution >= 0.6 is 0 Å². The maximum atomic E-state index is 10.6. The molecule has 0 saturated heterocycles. The highest BCUT2D eigenvalue weighted by molar-refractivity contribution is 5.75. The lowest BCUT2D eigenvalue weighted by Gasteiger charge is -2.10. The fraction of sp³-hybridized carbons (Fsp3) is 0.571. The molecule has 4 heteroatoms. The van der Waals surface area contributed by atoms with E-state index in [0.29, 0.717) is 0 Å². The largest absolute Gasteiger partial charge is 0.467 e. The highest BCUT2D eigenvalue weighted by Gasteiger charge is 2.22. The summed E-state index contributed by atoms with van der Waals surface area (Å²) in [6.07, 6.45) is 0.168. The Bertz CT molecular complexity index is 153. The molecule has 0 aliphatic carbocycles. The van der Waals surface area contributed by atoms with Gasteiger partial charge in [0.1, 0.15) is 6.10 Å². The van der Waals surface area contributed by atoms with E-state index in [1.54, 1.807) is 6.92 Å². The van der Waals surface area contributed by atoms with Gasteiger partial charge in [-0.2, -0.15) is 0 Å². The zero-order valence-corrected chi connectivity index (χ0v) is 6.52. The molecular formula is C7H12O4. The van der Waals surface area contributed by atoms with Gasteiger partial charge in [0.05, 0.1) is 7.11 Å². The van der Waals surface area contributed by atoms with Gasteiger partial charge in [-0.1, -0.05) is 12.2 Å². The van der Waals surface area contributed by atoms with E-state index < -0.39 is 18.2 Å². The van der Waals surface area contributed by atoms with Crippen LogP contribution in [0, 0.1) is 0 Å². The highest BCUT2D eigenvalue weighted by atomic mass is 16.5. The number of aliphatic hydroxyl groups excluding tert-OH is 2. The minimum absolute atomic E-state index is 0.837. The van der Waals surface area contributed by atoms with Crippen molar-refractivity contribution in [3.8, 4) is 0 Å². The van der Waals surface area contributed by atoms with E-state index in [-0.39, 0.29) is 0 Å². The molecule has 64 valence electrons. The SMILES string of the molecule is C/C=C/C(O)C(O)C(=O)OC. The summed E-state index contributed by atoms with van der Waals surface area (Å²) < 4.78 is 4.20. The second-order valence-corrected chi connectivity index (χ2v) is 1.98. The second-order valence-electron chi connectivity index (χ2n) is 1.98. The van der Waals surface area contributed by atoms with Crippen LogP contribution in [0.2, 0.25) is 0 Å². The van der Waals surface area contributed by atoms with Crippen molar-refractivity contribution in [2.75, 3.05) is 7.11 Å². The smallest absolute Gasteiger partial charge is 0.337 e. The van der Waals surface area contributed by atoms with Crippen LogP contribution < -0.4 is 0 Å². The molecule has 4 nitrogen and oxygen atoms in total. The van der Waals surface area contributed by atoms with Crippen LogP contribution in [0.15, 0.2) is 12.2 Å². The van der Waals surface area contributed by atoms with Crippen LogP contribution in [0.5, 0.6) is 0 Å². The quantitative estimate of drug-likeness (QED) is 0.429. The number of hydrogen-bond donors (Lipinski definition) is 2. The average molecular weight is 160 g/mol. The fourth-order valence-electron chi connectivity index (χ4n) is 0.563. The number of methoxy groups -OCH3 is 1. The van der Waals surface area contributed by atoms with E-state index in [9.17, 15) is 4.79 Å². The number of carbonyl (C=O) groups excluding carboxylic acids is 1. The molecule has 2 N–H and O–H groups in total. The predicted molar refractivity (Wildman–Crippen MR) is 38.8 cm³/mol. The van der Waals surface area contributed by atoms with Crippen molar-refractivity contribution >= 4 is 5.97 Å². The van der Waals surface area contributed by atoms with E-state index in [1.165, 1.54) is 12.2 Å². The van der Waals surface area contributed by atoms with E-state index in [4.69, 9.17) is 10.2 Å². The van der Waals surface area contributed by atoms with Gasteiger partial charge in [0.2, 0.25) is 0 Å². The number of esters is 1. The first kappa shape index (κ1) is 10.1. The minimum atomic E-state index is -1.49. The zero-order valence-electron chi connectivity index (χ0n) is 6.52. The summed E-state index contributed by atoms with van der Waals surface area (Å²) in [6, 6.07) is 0. The third-order valence-corrected chi connectivity index (χ3v) is 1.16. The normalized spacial score (nSPS) is 16.4. The number of hydrogen-bond acceptors (Lipinski definition) is 4. The van der Waals surface area contributed by atoms with Gasteiger partial charge in [-0.3, -0.25) is 0 Å². The summed E-state index contributed by atoms with van der Waals surface area (Å²) in [6.45, 7) is 1.67. The Morgan fingerprint density at radius 1 is 1.55 bits per heavy atom. The standard InChI is InChI=1S/C7H12O4/c1-3-4-5(8)6(9)7(10)11-2/h3-6,8-9H,1-2H3/b4-3+. The van der Waals surface area contributed by atoms with Crippen molar-refractivity contribution < 1.29 is 19.7 Å². The van der Waals surface area contributed by atoms with E-state index >= 15 is 0 Å². The Morgan fingerprint density at radius 3 is 2.45 bits per heavy atom. The van der Waals surface area contributed by atoms with Gasteiger partial charge in [-0.15, -0.1) is 0 Å². The van der Waals surface area contributed by atoms with E-state index in [0.717, 1.165) is 7.11 Å². The molecule has 0 spiro atoms. The van der Waals surface area contributed by atoms with Gasteiger partial charge >= 0.3 is 5.97 Å². The third-order valence-electron chi connectivity index (χ3n) is 1.16. The zero-order chi connectivity index (χ0) is 8.85. The molecule has 0 radical (unpaired) electrons.